The zero-order valence-electron chi connectivity index (χ0n) is 16.2. The number of hydrogen-bond acceptors (Lipinski definition) is 4. The van der Waals surface area contributed by atoms with Gasteiger partial charge in [-0.15, -0.1) is 5.10 Å². The van der Waals surface area contributed by atoms with Gasteiger partial charge in [0.05, 0.1) is 23.0 Å². The van der Waals surface area contributed by atoms with E-state index in [-0.39, 0.29) is 11.3 Å². The van der Waals surface area contributed by atoms with Crippen molar-refractivity contribution in [3.8, 4) is 0 Å². The molecule has 4 rings (SSSR count). The van der Waals surface area contributed by atoms with E-state index >= 15 is 0 Å². The Morgan fingerprint density at radius 1 is 1.30 bits per heavy atom. The second-order valence-electron chi connectivity index (χ2n) is 8.42. The molecule has 1 atom stereocenters. The van der Waals surface area contributed by atoms with Crippen LogP contribution >= 0.6 is 0 Å². The summed E-state index contributed by atoms with van der Waals surface area (Å²) in [5.74, 6) is 0.453. The van der Waals surface area contributed by atoms with Crippen molar-refractivity contribution in [1.82, 2.24) is 29.5 Å². The van der Waals surface area contributed by atoms with Gasteiger partial charge in [-0.2, -0.15) is 5.10 Å². The third-order valence-electron chi connectivity index (χ3n) is 5.22. The molecule has 0 aromatic carbocycles. The van der Waals surface area contributed by atoms with Gasteiger partial charge in [-0.25, -0.2) is 4.52 Å². The predicted octanol–water partition coefficient (Wildman–Crippen LogP) is 2.78. The zero-order chi connectivity index (χ0) is 19.0. The van der Waals surface area contributed by atoms with E-state index in [0.29, 0.717) is 11.5 Å². The number of rotatable bonds is 3. The smallest absolute Gasteiger partial charge is 0.257 e. The molecule has 0 saturated carbocycles. The standard InChI is InChI=1S/C20H26N6O/c1-20(2,3)18-14-25(23-22-18)13-15-7-6-9-24(12-15)19(27)16-11-21-26-10-5-4-8-17(16)26/h4-5,8,10-11,14-15H,6-7,9,12-13H2,1-3H3. The topological polar surface area (TPSA) is 68.3 Å². The van der Waals surface area contributed by atoms with Gasteiger partial charge < -0.3 is 4.90 Å². The number of hydrogen-bond donors (Lipinski definition) is 0. The van der Waals surface area contributed by atoms with Crippen LogP contribution in [-0.4, -0.2) is 48.5 Å². The molecule has 27 heavy (non-hydrogen) atoms. The lowest BCUT2D eigenvalue weighted by Gasteiger charge is -2.32. The van der Waals surface area contributed by atoms with Gasteiger partial charge in [0.25, 0.3) is 5.91 Å². The number of carbonyl (C=O) groups excluding carboxylic acids is 1. The Morgan fingerprint density at radius 3 is 2.93 bits per heavy atom. The van der Waals surface area contributed by atoms with Crippen molar-refractivity contribution in [2.24, 2.45) is 5.92 Å². The molecule has 1 fully saturated rings. The van der Waals surface area contributed by atoms with Crippen molar-refractivity contribution >= 4 is 11.4 Å². The Labute approximate surface area is 159 Å². The molecule has 3 aromatic rings. The fraction of sp³-hybridized carbons (Fsp3) is 0.500. The zero-order valence-corrected chi connectivity index (χ0v) is 16.2. The summed E-state index contributed by atoms with van der Waals surface area (Å²) in [6, 6.07) is 5.78. The van der Waals surface area contributed by atoms with Crippen LogP contribution in [0.3, 0.4) is 0 Å². The normalized spacial score (nSPS) is 18.2. The van der Waals surface area contributed by atoms with Crippen LogP contribution < -0.4 is 0 Å². The summed E-state index contributed by atoms with van der Waals surface area (Å²) in [5, 5.41) is 12.9. The molecule has 3 aromatic heterocycles. The fourth-order valence-corrected chi connectivity index (χ4v) is 3.66. The SMILES string of the molecule is CC(C)(C)c1cn(CC2CCCN(C(=O)c3cnn4ccccc34)C2)nn1. The van der Waals surface area contributed by atoms with E-state index in [1.165, 1.54) is 0 Å². The molecule has 0 spiro atoms. The maximum absolute atomic E-state index is 13.0. The monoisotopic (exact) mass is 366 g/mol. The van der Waals surface area contributed by atoms with Crippen molar-refractivity contribution in [2.45, 2.75) is 45.6 Å². The lowest BCUT2D eigenvalue weighted by atomic mass is 9.93. The average Bonchev–Trinajstić information content (AvgIpc) is 3.28. The van der Waals surface area contributed by atoms with Crippen LogP contribution in [-0.2, 0) is 12.0 Å². The molecule has 0 aliphatic carbocycles. The maximum Gasteiger partial charge on any atom is 0.257 e. The van der Waals surface area contributed by atoms with Crippen molar-refractivity contribution in [1.29, 1.82) is 0 Å². The van der Waals surface area contributed by atoms with Gasteiger partial charge in [0.1, 0.15) is 0 Å². The largest absolute Gasteiger partial charge is 0.338 e. The molecule has 1 aliphatic rings. The van der Waals surface area contributed by atoms with Gasteiger partial charge in [0.15, 0.2) is 0 Å². The van der Waals surface area contributed by atoms with Gasteiger partial charge in [-0.1, -0.05) is 32.1 Å². The van der Waals surface area contributed by atoms with Crippen LogP contribution in [0.25, 0.3) is 5.52 Å². The molecule has 7 heteroatoms. The third-order valence-corrected chi connectivity index (χ3v) is 5.22. The molecule has 0 radical (unpaired) electrons. The van der Waals surface area contributed by atoms with E-state index in [1.807, 2.05) is 40.2 Å². The average molecular weight is 366 g/mol. The summed E-state index contributed by atoms with van der Waals surface area (Å²) < 4.78 is 3.67. The third kappa shape index (κ3) is 3.59. The summed E-state index contributed by atoms with van der Waals surface area (Å²) in [5.41, 5.74) is 2.52. The first-order valence-electron chi connectivity index (χ1n) is 9.54. The van der Waals surface area contributed by atoms with E-state index in [9.17, 15) is 4.79 Å². The molecule has 142 valence electrons. The van der Waals surface area contributed by atoms with E-state index in [4.69, 9.17) is 0 Å². The van der Waals surface area contributed by atoms with Gasteiger partial charge in [0.2, 0.25) is 0 Å². The Hall–Kier alpha value is -2.70. The van der Waals surface area contributed by atoms with Crippen molar-refractivity contribution in [3.05, 3.63) is 48.0 Å². The number of piperidine rings is 1. The second kappa shape index (κ2) is 6.79. The molecule has 7 nitrogen and oxygen atoms in total. The number of amides is 1. The maximum atomic E-state index is 13.0. The molecule has 1 amide bonds. The van der Waals surface area contributed by atoms with Gasteiger partial charge >= 0.3 is 0 Å². The first-order chi connectivity index (χ1) is 12.9. The van der Waals surface area contributed by atoms with Gasteiger partial charge in [-0.3, -0.25) is 9.48 Å². The fourth-order valence-electron chi connectivity index (χ4n) is 3.66. The van der Waals surface area contributed by atoms with Gasteiger partial charge in [-0.05, 0) is 30.9 Å². The highest BCUT2D eigenvalue weighted by atomic mass is 16.2. The summed E-state index contributed by atoms with van der Waals surface area (Å²) >= 11 is 0. The summed E-state index contributed by atoms with van der Waals surface area (Å²) in [6.07, 6.45) is 7.68. The Morgan fingerprint density at radius 2 is 2.15 bits per heavy atom. The highest BCUT2D eigenvalue weighted by Crippen LogP contribution is 2.23. The highest BCUT2D eigenvalue weighted by molar-refractivity contribution is 6.00. The lowest BCUT2D eigenvalue weighted by Crippen LogP contribution is -2.41. The summed E-state index contributed by atoms with van der Waals surface area (Å²) in [4.78, 5) is 15.0. The second-order valence-corrected chi connectivity index (χ2v) is 8.42. The van der Waals surface area contributed by atoms with Crippen LogP contribution in [0.2, 0.25) is 0 Å². The number of pyridine rings is 1. The minimum atomic E-state index is -0.00365. The Bertz CT molecular complexity index is 951. The number of fused-ring (bicyclic) bond motifs is 1. The van der Waals surface area contributed by atoms with Gasteiger partial charge in [0, 0.05) is 37.4 Å². The van der Waals surface area contributed by atoms with Crippen molar-refractivity contribution in [3.63, 3.8) is 0 Å². The van der Waals surface area contributed by atoms with Crippen LogP contribution in [0, 0.1) is 5.92 Å². The van der Waals surface area contributed by atoms with E-state index in [2.05, 4.69) is 36.2 Å². The van der Waals surface area contributed by atoms with Crippen LogP contribution in [0.15, 0.2) is 36.8 Å². The molecule has 1 aliphatic heterocycles. The molecule has 1 saturated heterocycles. The molecule has 4 heterocycles. The van der Waals surface area contributed by atoms with Crippen LogP contribution in [0.5, 0.6) is 0 Å². The molecule has 0 N–H and O–H groups in total. The Balaban J connectivity index is 1.46. The summed E-state index contributed by atoms with van der Waals surface area (Å²) in [7, 11) is 0. The van der Waals surface area contributed by atoms with E-state index in [0.717, 1.165) is 43.7 Å². The Kier molecular flexibility index (Phi) is 4.45. The number of aromatic nitrogens is 5. The van der Waals surface area contributed by atoms with Crippen molar-refractivity contribution in [2.75, 3.05) is 13.1 Å². The molecule has 0 bridgehead atoms. The lowest BCUT2D eigenvalue weighted by molar-refractivity contribution is 0.0661. The molecular weight excluding hydrogens is 340 g/mol. The van der Waals surface area contributed by atoms with Crippen molar-refractivity contribution < 1.29 is 4.79 Å². The highest BCUT2D eigenvalue weighted by Gasteiger charge is 2.27. The van der Waals surface area contributed by atoms with E-state index in [1.54, 1.807) is 10.7 Å². The number of nitrogens with zero attached hydrogens (tertiary/aromatic N) is 6. The first kappa shape index (κ1) is 17.7. The van der Waals surface area contributed by atoms with E-state index < -0.39 is 0 Å². The molecule has 1 unspecified atom stereocenters. The minimum Gasteiger partial charge on any atom is -0.338 e. The number of likely N-dealkylation sites (tertiary alicyclic amines) is 1. The quantitative estimate of drug-likeness (QED) is 0.715. The van der Waals surface area contributed by atoms with Crippen LogP contribution in [0.1, 0.15) is 49.7 Å². The summed E-state index contributed by atoms with van der Waals surface area (Å²) in [6.45, 7) is 8.75. The predicted molar refractivity (Wildman–Crippen MR) is 103 cm³/mol. The minimum absolute atomic E-state index is 0.00365. The number of carbonyl (C=O) groups is 1. The molecular formula is C20H26N6O. The van der Waals surface area contributed by atoms with Crippen LogP contribution in [0.4, 0.5) is 0 Å². The first-order valence-corrected chi connectivity index (χ1v) is 9.54.